The largest absolute Gasteiger partial charge is 0.468 e. The molecule has 6 heteroatoms. The van der Waals surface area contributed by atoms with Crippen molar-refractivity contribution in [2.24, 2.45) is 0 Å². The second kappa shape index (κ2) is 8.22. The summed E-state index contributed by atoms with van der Waals surface area (Å²) in [5.74, 6) is 0.0625. The third kappa shape index (κ3) is 4.65. The Morgan fingerprint density at radius 2 is 1.70 bits per heavy atom. The predicted octanol–water partition coefficient (Wildman–Crippen LogP) is 3.46. The maximum Gasteiger partial charge on any atom is 0.224 e. The van der Waals surface area contributed by atoms with Crippen LogP contribution in [-0.2, 0) is 21.1 Å². The molecule has 0 radical (unpaired) electrons. The van der Waals surface area contributed by atoms with Crippen LogP contribution in [0.5, 0.6) is 0 Å². The molecule has 1 amide bonds. The molecule has 0 aliphatic heterocycles. The fourth-order valence-corrected chi connectivity index (χ4v) is 4.37. The van der Waals surface area contributed by atoms with Gasteiger partial charge in [0.25, 0.3) is 0 Å². The van der Waals surface area contributed by atoms with E-state index in [4.69, 9.17) is 4.42 Å². The third-order valence-electron chi connectivity index (χ3n) is 4.28. The van der Waals surface area contributed by atoms with E-state index >= 15 is 0 Å². The van der Waals surface area contributed by atoms with Crippen molar-refractivity contribution >= 4 is 15.7 Å². The van der Waals surface area contributed by atoms with Gasteiger partial charge in [-0.15, -0.1) is 0 Å². The Hall–Kier alpha value is -2.86. The molecule has 0 aliphatic rings. The first-order chi connectivity index (χ1) is 13.0. The maximum atomic E-state index is 13.1. The Labute approximate surface area is 159 Å². The molecule has 0 saturated carbocycles. The number of amides is 1. The fourth-order valence-electron chi connectivity index (χ4n) is 2.78. The third-order valence-corrected chi connectivity index (χ3v) is 6.35. The van der Waals surface area contributed by atoms with Crippen LogP contribution in [0.1, 0.15) is 22.1 Å². The lowest BCUT2D eigenvalue weighted by Gasteiger charge is -2.17. The zero-order chi connectivity index (χ0) is 19.3. The monoisotopic (exact) mass is 383 g/mol. The number of aryl methyl sites for hydroxylation is 1. The van der Waals surface area contributed by atoms with Gasteiger partial charge in [0.15, 0.2) is 9.84 Å². The van der Waals surface area contributed by atoms with Gasteiger partial charge < -0.3 is 9.73 Å². The average Bonchev–Trinajstić information content (AvgIpc) is 3.17. The molecule has 5 nitrogen and oxygen atoms in total. The molecule has 1 N–H and O–H groups in total. The van der Waals surface area contributed by atoms with Crippen molar-refractivity contribution in [2.75, 3.05) is 6.54 Å². The van der Waals surface area contributed by atoms with E-state index in [1.54, 1.807) is 36.4 Å². The van der Waals surface area contributed by atoms with Gasteiger partial charge in [-0.2, -0.15) is 0 Å². The topological polar surface area (TPSA) is 76.4 Å². The molecule has 0 bridgehead atoms. The van der Waals surface area contributed by atoms with Crippen molar-refractivity contribution in [3.8, 4) is 0 Å². The van der Waals surface area contributed by atoms with Gasteiger partial charge in [0.1, 0.15) is 11.0 Å². The molecule has 0 spiro atoms. The molecular weight excluding hydrogens is 362 g/mol. The van der Waals surface area contributed by atoms with Crippen molar-refractivity contribution < 1.29 is 17.6 Å². The second-order valence-electron chi connectivity index (χ2n) is 6.33. The van der Waals surface area contributed by atoms with Crippen molar-refractivity contribution in [2.45, 2.75) is 23.5 Å². The quantitative estimate of drug-likeness (QED) is 0.678. The summed E-state index contributed by atoms with van der Waals surface area (Å²) in [6.45, 7) is 1.83. The second-order valence-corrected chi connectivity index (χ2v) is 8.46. The highest BCUT2D eigenvalue weighted by molar-refractivity contribution is 7.91. The summed E-state index contributed by atoms with van der Waals surface area (Å²) in [6.07, 6.45) is 1.62. The fraction of sp³-hybridized carbons (Fsp3) is 0.190. The number of rotatable bonds is 7. The molecular formula is C21H21NO4S. The van der Waals surface area contributed by atoms with Crippen molar-refractivity contribution in [3.63, 3.8) is 0 Å². The van der Waals surface area contributed by atoms with Gasteiger partial charge in [-0.3, -0.25) is 4.79 Å². The Morgan fingerprint density at radius 1 is 1.00 bits per heavy atom. The molecule has 0 fully saturated rings. The van der Waals surface area contributed by atoms with Gasteiger partial charge in [0, 0.05) is 6.54 Å². The normalized spacial score (nSPS) is 12.5. The van der Waals surface area contributed by atoms with Gasteiger partial charge in [-0.25, -0.2) is 8.42 Å². The summed E-state index contributed by atoms with van der Waals surface area (Å²) < 4.78 is 31.6. The van der Waals surface area contributed by atoms with Crippen LogP contribution in [0.4, 0.5) is 0 Å². The molecule has 1 unspecified atom stereocenters. The minimum atomic E-state index is -3.72. The SMILES string of the molecule is Cc1ccc(S(=O)(=O)C(CNC(=O)Cc2ccccc2)c2ccco2)cc1. The van der Waals surface area contributed by atoms with Crippen LogP contribution in [0, 0.1) is 6.92 Å². The molecule has 1 atom stereocenters. The summed E-state index contributed by atoms with van der Waals surface area (Å²) >= 11 is 0. The van der Waals surface area contributed by atoms with Gasteiger partial charge in [-0.1, -0.05) is 48.0 Å². The molecule has 0 saturated heterocycles. The Bertz CT molecular complexity index is 978. The zero-order valence-electron chi connectivity index (χ0n) is 15.0. The minimum Gasteiger partial charge on any atom is -0.468 e. The van der Waals surface area contributed by atoms with E-state index in [0.717, 1.165) is 11.1 Å². The van der Waals surface area contributed by atoms with Gasteiger partial charge >= 0.3 is 0 Å². The molecule has 1 aromatic heterocycles. The molecule has 140 valence electrons. The number of carbonyl (C=O) groups is 1. The Balaban J connectivity index is 1.78. The number of hydrogen-bond donors (Lipinski definition) is 1. The summed E-state index contributed by atoms with van der Waals surface area (Å²) in [6, 6.07) is 19.2. The molecule has 1 heterocycles. The number of furan rings is 1. The van der Waals surface area contributed by atoms with E-state index in [2.05, 4.69) is 5.32 Å². The summed E-state index contributed by atoms with van der Waals surface area (Å²) in [7, 11) is -3.72. The van der Waals surface area contributed by atoms with Crippen LogP contribution in [0.15, 0.2) is 82.3 Å². The molecule has 0 aliphatic carbocycles. The minimum absolute atomic E-state index is 0.0601. The van der Waals surface area contributed by atoms with E-state index in [-0.39, 0.29) is 23.8 Å². The lowest BCUT2D eigenvalue weighted by Crippen LogP contribution is -2.32. The number of sulfone groups is 1. The highest BCUT2D eigenvalue weighted by atomic mass is 32.2. The number of benzene rings is 2. The van der Waals surface area contributed by atoms with Gasteiger partial charge in [-0.05, 0) is 36.8 Å². The van der Waals surface area contributed by atoms with E-state index in [9.17, 15) is 13.2 Å². The van der Waals surface area contributed by atoms with Gasteiger partial charge in [0.2, 0.25) is 5.91 Å². The van der Waals surface area contributed by atoms with Crippen LogP contribution in [0.3, 0.4) is 0 Å². The molecule has 3 aromatic rings. The molecule has 2 aromatic carbocycles. The first-order valence-corrected chi connectivity index (χ1v) is 10.2. The molecule has 27 heavy (non-hydrogen) atoms. The van der Waals surface area contributed by atoms with E-state index in [1.807, 2.05) is 37.3 Å². The summed E-state index contributed by atoms with van der Waals surface area (Å²) in [4.78, 5) is 12.5. The molecule has 3 rings (SSSR count). The average molecular weight is 383 g/mol. The van der Waals surface area contributed by atoms with Gasteiger partial charge in [0.05, 0.1) is 17.6 Å². The number of hydrogen-bond acceptors (Lipinski definition) is 4. The van der Waals surface area contributed by atoms with Crippen LogP contribution in [-0.4, -0.2) is 20.9 Å². The van der Waals surface area contributed by atoms with Crippen LogP contribution in [0.2, 0.25) is 0 Å². The van der Waals surface area contributed by atoms with Crippen molar-refractivity contribution in [1.29, 1.82) is 0 Å². The number of nitrogens with one attached hydrogen (secondary N) is 1. The predicted molar refractivity (Wildman–Crippen MR) is 103 cm³/mol. The highest BCUT2D eigenvalue weighted by Crippen LogP contribution is 2.29. The first kappa shape index (κ1) is 18.9. The summed E-state index contributed by atoms with van der Waals surface area (Å²) in [5.41, 5.74) is 1.84. The smallest absolute Gasteiger partial charge is 0.224 e. The van der Waals surface area contributed by atoms with Crippen molar-refractivity contribution in [1.82, 2.24) is 5.32 Å². The first-order valence-electron chi connectivity index (χ1n) is 8.61. The maximum absolute atomic E-state index is 13.1. The van der Waals surface area contributed by atoms with Crippen LogP contribution in [0.25, 0.3) is 0 Å². The van der Waals surface area contributed by atoms with E-state index < -0.39 is 15.1 Å². The van der Waals surface area contributed by atoms with Crippen LogP contribution >= 0.6 is 0 Å². The Morgan fingerprint density at radius 3 is 2.33 bits per heavy atom. The Kier molecular flexibility index (Phi) is 5.76. The zero-order valence-corrected chi connectivity index (χ0v) is 15.8. The van der Waals surface area contributed by atoms with Crippen molar-refractivity contribution in [3.05, 3.63) is 89.9 Å². The van der Waals surface area contributed by atoms with E-state index in [0.29, 0.717) is 5.76 Å². The van der Waals surface area contributed by atoms with E-state index in [1.165, 1.54) is 6.26 Å². The number of carbonyl (C=O) groups excluding carboxylic acids is 1. The summed E-state index contributed by atoms with van der Waals surface area (Å²) in [5, 5.41) is 1.74. The lowest BCUT2D eigenvalue weighted by atomic mass is 10.1. The lowest BCUT2D eigenvalue weighted by molar-refractivity contribution is -0.120. The highest BCUT2D eigenvalue weighted by Gasteiger charge is 2.31. The van der Waals surface area contributed by atoms with Crippen LogP contribution < -0.4 is 5.32 Å². The standard InChI is InChI=1S/C21H21NO4S/c1-16-9-11-18(12-10-16)27(24,25)20(19-8-5-13-26-19)15-22-21(23)14-17-6-3-2-4-7-17/h2-13,20H,14-15H2,1H3,(H,22,23).